The van der Waals surface area contributed by atoms with Crippen LogP contribution in [0.25, 0.3) is 0 Å². The van der Waals surface area contributed by atoms with E-state index in [9.17, 15) is 9.59 Å². The molecule has 0 aliphatic heterocycles. The minimum atomic E-state index is -1.72. The first-order valence-corrected chi connectivity index (χ1v) is 12.9. The van der Waals surface area contributed by atoms with Gasteiger partial charge in [0.05, 0.1) is 46.1 Å². The van der Waals surface area contributed by atoms with Gasteiger partial charge in [0, 0.05) is 1.37 Å². The first kappa shape index (κ1) is 27.2. The number of halogens is 3. The number of aromatic nitrogens is 2. The molecule has 0 radical (unpaired) electrons. The zero-order chi connectivity index (χ0) is 23.5. The Kier molecular flexibility index (Phi) is 17.2. The van der Waals surface area contributed by atoms with E-state index < -0.39 is 11.4 Å². The number of aldehydes is 2. The molecule has 0 aliphatic carbocycles. The molecule has 160 valence electrons. The monoisotopic (exact) mass is 483 g/mol. The molecular formula is C17H22AlCl3N2O6. The summed E-state index contributed by atoms with van der Waals surface area (Å²) in [6.45, 7) is 2.29. The molecule has 2 heterocycles. The standard InChI is InChI=1S/C8H9NO3.C7H7NO3.C2H6.Al.3ClH/c1-11-7-3-9-4-8(12-2)6(7)5-10;1-11-7-3-8-2-6(10)5(7)4-9;1-2;;;;/h3-5H,1-2H3;2-4,10H,1H3;1-2H3;;3*1H/q;;;+3;;;/p-3/i;;1D;;;;. The molecule has 8 nitrogen and oxygen atoms in total. The zero-order valence-corrected chi connectivity index (χ0v) is 19.7. The van der Waals surface area contributed by atoms with E-state index in [0.717, 1.165) is 0 Å². The van der Waals surface area contributed by atoms with Gasteiger partial charge in [-0.05, 0) is 0 Å². The fraction of sp³-hybridized carbons (Fsp3) is 0.294. The maximum Gasteiger partial charge on any atom is 0.643 e. The van der Waals surface area contributed by atoms with Crippen molar-refractivity contribution in [2.24, 2.45) is 0 Å². The second kappa shape index (κ2) is 18.3. The smallest absolute Gasteiger partial charge is 0.505 e. The van der Waals surface area contributed by atoms with Crippen LogP contribution >= 0.6 is 30.1 Å². The van der Waals surface area contributed by atoms with Crippen LogP contribution in [0.3, 0.4) is 0 Å². The molecule has 0 bridgehead atoms. The molecule has 0 spiro atoms. The normalized spacial score (nSPS) is 8.86. The number of ether oxygens (including phenoxy) is 3. The Morgan fingerprint density at radius 2 is 1.21 bits per heavy atom. The maximum absolute atomic E-state index is 10.6. The third-order valence-corrected chi connectivity index (χ3v) is 2.74. The SMILES string of the molecule is COc1cncc(O)c1C=O.COc1cncc(OC)c1C=O.[2H]CC.[Cl][Al]([Cl])[Cl]. The Morgan fingerprint density at radius 3 is 1.48 bits per heavy atom. The molecule has 1 N–H and O–H groups in total. The number of methoxy groups -OCH3 is 3. The molecule has 0 aromatic carbocycles. The van der Waals surface area contributed by atoms with Crippen LogP contribution in [0.2, 0.25) is 0 Å². The lowest BCUT2D eigenvalue weighted by molar-refractivity contribution is 0.111. The van der Waals surface area contributed by atoms with E-state index in [-0.39, 0.29) is 17.1 Å². The molecule has 0 unspecified atom stereocenters. The lowest BCUT2D eigenvalue weighted by Crippen LogP contribution is -1.96. The molecule has 2 rings (SSSR count). The van der Waals surface area contributed by atoms with Crippen LogP contribution in [0.5, 0.6) is 23.0 Å². The molecule has 0 saturated carbocycles. The molecule has 12 heteroatoms. The average molecular weight is 485 g/mol. The Morgan fingerprint density at radius 1 is 0.897 bits per heavy atom. The number of carbonyl (C=O) groups excluding carboxylic acids is 2. The van der Waals surface area contributed by atoms with Gasteiger partial charge in [0.2, 0.25) is 0 Å². The van der Waals surface area contributed by atoms with Crippen LogP contribution in [-0.4, -0.2) is 60.4 Å². The summed E-state index contributed by atoms with van der Waals surface area (Å²) in [5.41, 5.74) is 0.512. The van der Waals surface area contributed by atoms with E-state index in [1.807, 2.05) is 0 Å². The van der Waals surface area contributed by atoms with Gasteiger partial charge in [-0.2, -0.15) is 0 Å². The Balaban J connectivity index is 0. The van der Waals surface area contributed by atoms with Crippen LogP contribution in [0.1, 0.15) is 35.9 Å². The summed E-state index contributed by atoms with van der Waals surface area (Å²) in [5, 5.41) is 9.05. The predicted molar refractivity (Wildman–Crippen MR) is 115 cm³/mol. The fourth-order valence-electron chi connectivity index (χ4n) is 1.60. The molecule has 0 amide bonds. The van der Waals surface area contributed by atoms with Gasteiger partial charge in [0.15, 0.2) is 29.8 Å². The highest BCUT2D eigenvalue weighted by atomic mass is 35.8. The average Bonchev–Trinajstić information content (AvgIpc) is 2.73. The van der Waals surface area contributed by atoms with Crippen molar-refractivity contribution in [1.82, 2.24) is 9.97 Å². The van der Waals surface area contributed by atoms with E-state index in [4.69, 9.17) is 50.8 Å². The van der Waals surface area contributed by atoms with Gasteiger partial charge in [0.1, 0.15) is 16.9 Å². The fourth-order valence-corrected chi connectivity index (χ4v) is 1.60. The van der Waals surface area contributed by atoms with E-state index in [1.165, 1.54) is 46.1 Å². The van der Waals surface area contributed by atoms with Crippen molar-refractivity contribution in [2.45, 2.75) is 13.8 Å². The predicted octanol–water partition coefficient (Wildman–Crippen LogP) is 4.23. The van der Waals surface area contributed by atoms with Crippen LogP contribution < -0.4 is 14.2 Å². The van der Waals surface area contributed by atoms with Gasteiger partial charge in [-0.25, -0.2) is 30.1 Å². The van der Waals surface area contributed by atoms with Gasteiger partial charge in [-0.15, -0.1) is 0 Å². The molecule has 2 aromatic rings. The number of hydrogen-bond donors (Lipinski definition) is 1. The summed E-state index contributed by atoms with van der Waals surface area (Å²) in [7, 11) is 19.2. The van der Waals surface area contributed by atoms with Gasteiger partial charge in [0.25, 0.3) is 0 Å². The topological polar surface area (TPSA) is 108 Å². The van der Waals surface area contributed by atoms with Crippen molar-refractivity contribution >= 4 is 54.1 Å². The third kappa shape index (κ3) is 11.7. The zero-order valence-electron chi connectivity index (χ0n) is 17.3. The number of hydrogen-bond acceptors (Lipinski definition) is 8. The summed E-state index contributed by atoms with van der Waals surface area (Å²) in [5.74, 6) is 0.952. The van der Waals surface area contributed by atoms with Crippen molar-refractivity contribution in [3.05, 3.63) is 35.9 Å². The summed E-state index contributed by atoms with van der Waals surface area (Å²) >= 11 is -1.72. The Labute approximate surface area is 188 Å². The van der Waals surface area contributed by atoms with Crippen LogP contribution in [0.15, 0.2) is 24.8 Å². The number of carbonyl (C=O) groups is 2. The number of aromatic hydroxyl groups is 1. The van der Waals surface area contributed by atoms with E-state index in [0.29, 0.717) is 36.5 Å². The molecule has 0 fully saturated rings. The molecule has 0 aliphatic rings. The largest absolute Gasteiger partial charge is 0.643 e. The molecule has 29 heavy (non-hydrogen) atoms. The van der Waals surface area contributed by atoms with Crippen LogP contribution in [-0.2, 0) is 0 Å². The van der Waals surface area contributed by atoms with Crippen molar-refractivity contribution in [3.63, 3.8) is 0 Å². The van der Waals surface area contributed by atoms with E-state index in [2.05, 4.69) is 9.97 Å². The second-order valence-corrected chi connectivity index (χ2v) is 10.6. The molecule has 0 saturated heterocycles. The maximum atomic E-state index is 10.6. The van der Waals surface area contributed by atoms with Crippen molar-refractivity contribution in [3.8, 4) is 23.0 Å². The van der Waals surface area contributed by atoms with Gasteiger partial charge in [-0.3, -0.25) is 19.6 Å². The van der Waals surface area contributed by atoms with Gasteiger partial charge < -0.3 is 19.3 Å². The highest BCUT2D eigenvalue weighted by Crippen LogP contribution is 2.24. The summed E-state index contributed by atoms with van der Waals surface area (Å²) in [6, 6.07) is 0. The highest BCUT2D eigenvalue weighted by molar-refractivity contribution is 7.54. The minimum Gasteiger partial charge on any atom is -0.505 e. The van der Waals surface area contributed by atoms with E-state index >= 15 is 0 Å². The molecule has 2 aromatic heterocycles. The van der Waals surface area contributed by atoms with Gasteiger partial charge >= 0.3 is 11.4 Å². The van der Waals surface area contributed by atoms with Crippen LogP contribution in [0.4, 0.5) is 0 Å². The van der Waals surface area contributed by atoms with Crippen LogP contribution in [0, 0.1) is 0 Å². The third-order valence-electron chi connectivity index (χ3n) is 2.74. The number of rotatable bonds is 5. The summed E-state index contributed by atoms with van der Waals surface area (Å²) < 4.78 is 20.8. The number of nitrogens with zero attached hydrogens (tertiary/aromatic N) is 2. The second-order valence-electron chi connectivity index (χ2n) is 4.22. The highest BCUT2D eigenvalue weighted by Gasteiger charge is 2.08. The summed E-state index contributed by atoms with van der Waals surface area (Å²) in [6.07, 6.45) is 6.68. The minimum absolute atomic E-state index is 0.127. The lowest BCUT2D eigenvalue weighted by atomic mass is 10.2. The van der Waals surface area contributed by atoms with Crippen molar-refractivity contribution in [2.75, 3.05) is 21.3 Å². The summed E-state index contributed by atoms with van der Waals surface area (Å²) in [4.78, 5) is 28.4. The first-order chi connectivity index (χ1) is 14.3. The number of pyridine rings is 2. The Hall–Kier alpha value is -1.76. The first-order valence-electron chi connectivity index (χ1n) is 8.37. The van der Waals surface area contributed by atoms with Gasteiger partial charge in [-0.1, -0.05) is 13.8 Å². The molecule has 0 atom stereocenters. The Bertz CT molecular complexity index is 734. The van der Waals surface area contributed by atoms with Crippen molar-refractivity contribution in [1.29, 1.82) is 0 Å². The lowest BCUT2D eigenvalue weighted by Gasteiger charge is -2.06. The van der Waals surface area contributed by atoms with Crippen molar-refractivity contribution < 1.29 is 30.3 Å². The quantitative estimate of drug-likeness (QED) is 0.496. The van der Waals surface area contributed by atoms with E-state index in [1.54, 1.807) is 6.92 Å². The molecular weight excluding hydrogens is 462 g/mol.